The number of hydrogen-bond acceptors (Lipinski definition) is 2. The van der Waals surface area contributed by atoms with Crippen LogP contribution in [-0.4, -0.2) is 35.1 Å². The largest absolute Gasteiger partial charge is 0.393 e. The van der Waals surface area contributed by atoms with E-state index in [9.17, 15) is 9.90 Å². The highest BCUT2D eigenvalue weighted by Crippen LogP contribution is 2.26. The van der Waals surface area contributed by atoms with Crippen LogP contribution in [0.1, 0.15) is 19.3 Å². The minimum atomic E-state index is -0.153. The molecule has 3 heteroatoms. The van der Waals surface area contributed by atoms with Crippen LogP contribution in [-0.2, 0) is 4.79 Å². The van der Waals surface area contributed by atoms with Crippen molar-refractivity contribution in [2.24, 2.45) is 5.92 Å². The molecular formula is C8H13NO2. The second-order valence-electron chi connectivity index (χ2n) is 3.49. The van der Waals surface area contributed by atoms with Crippen LogP contribution in [0, 0.1) is 5.92 Å². The number of rotatable bonds is 0. The third kappa shape index (κ3) is 1.13. The first kappa shape index (κ1) is 7.10. The Bertz CT molecular complexity index is 181. The van der Waals surface area contributed by atoms with E-state index in [2.05, 4.69) is 0 Å². The number of nitrogens with zero attached hydrogens (tertiary/aromatic N) is 1. The molecule has 0 aromatic rings. The molecule has 0 spiro atoms. The highest BCUT2D eigenvalue weighted by atomic mass is 16.3. The van der Waals surface area contributed by atoms with Crippen LogP contribution in [0.15, 0.2) is 0 Å². The molecule has 2 aliphatic heterocycles. The van der Waals surface area contributed by atoms with Crippen LogP contribution < -0.4 is 0 Å². The van der Waals surface area contributed by atoms with E-state index in [1.54, 1.807) is 0 Å². The number of carbonyl (C=O) groups excluding carboxylic acids is 1. The molecule has 0 aliphatic carbocycles. The Kier molecular flexibility index (Phi) is 1.60. The molecule has 2 saturated heterocycles. The summed E-state index contributed by atoms with van der Waals surface area (Å²) in [5, 5.41) is 9.47. The fraction of sp³-hybridized carbons (Fsp3) is 0.875. The fourth-order valence-corrected chi connectivity index (χ4v) is 2.00. The lowest BCUT2D eigenvalue weighted by molar-refractivity contribution is -0.140. The van der Waals surface area contributed by atoms with Gasteiger partial charge in [-0.1, -0.05) is 0 Å². The molecule has 0 aromatic heterocycles. The minimum Gasteiger partial charge on any atom is -0.393 e. The number of aliphatic hydroxyl groups is 1. The van der Waals surface area contributed by atoms with Crippen LogP contribution in [0.25, 0.3) is 0 Å². The molecule has 1 amide bonds. The van der Waals surface area contributed by atoms with Crippen molar-refractivity contribution in [3.05, 3.63) is 0 Å². The summed E-state index contributed by atoms with van der Waals surface area (Å²) in [5.74, 6) is 0.634. The van der Waals surface area contributed by atoms with Crippen molar-refractivity contribution < 1.29 is 9.90 Å². The summed E-state index contributed by atoms with van der Waals surface area (Å²) in [6.07, 6.45) is 2.15. The molecule has 2 rings (SSSR count). The van der Waals surface area contributed by atoms with E-state index in [0.29, 0.717) is 12.3 Å². The van der Waals surface area contributed by atoms with Gasteiger partial charge in [0.15, 0.2) is 0 Å². The fourth-order valence-electron chi connectivity index (χ4n) is 2.00. The molecule has 0 aromatic carbocycles. The number of piperidine rings is 2. The molecule has 0 unspecified atom stereocenters. The topological polar surface area (TPSA) is 40.5 Å². The lowest BCUT2D eigenvalue weighted by atomic mass is 9.87. The monoisotopic (exact) mass is 155 g/mol. The number of amides is 1. The second-order valence-corrected chi connectivity index (χ2v) is 3.49. The summed E-state index contributed by atoms with van der Waals surface area (Å²) in [7, 11) is 0. The van der Waals surface area contributed by atoms with Crippen molar-refractivity contribution in [1.82, 2.24) is 4.90 Å². The average molecular weight is 155 g/mol. The predicted octanol–water partition coefficient (Wildman–Crippen LogP) is -0.0104. The van der Waals surface area contributed by atoms with Gasteiger partial charge >= 0.3 is 0 Å². The number of fused-ring (bicyclic) bond motifs is 2. The maximum atomic E-state index is 11.2. The second kappa shape index (κ2) is 2.48. The smallest absolute Gasteiger partial charge is 0.222 e. The van der Waals surface area contributed by atoms with Gasteiger partial charge in [0.1, 0.15) is 0 Å². The number of aliphatic hydroxyl groups excluding tert-OH is 1. The molecular weight excluding hydrogens is 142 g/mol. The van der Waals surface area contributed by atoms with Crippen LogP contribution in [0.2, 0.25) is 0 Å². The van der Waals surface area contributed by atoms with Crippen LogP contribution in [0.5, 0.6) is 0 Å². The molecule has 2 fully saturated rings. The molecule has 2 atom stereocenters. The zero-order valence-corrected chi connectivity index (χ0v) is 6.49. The molecule has 0 saturated carbocycles. The Hall–Kier alpha value is -0.570. The number of carbonyl (C=O) groups is 1. The highest BCUT2D eigenvalue weighted by Gasteiger charge is 2.34. The van der Waals surface area contributed by atoms with Gasteiger partial charge in [0, 0.05) is 25.4 Å². The van der Waals surface area contributed by atoms with Crippen molar-refractivity contribution in [3.8, 4) is 0 Å². The van der Waals surface area contributed by atoms with Gasteiger partial charge in [-0.05, 0) is 12.8 Å². The maximum Gasteiger partial charge on any atom is 0.222 e. The van der Waals surface area contributed by atoms with Gasteiger partial charge in [0.2, 0.25) is 5.91 Å². The molecule has 11 heavy (non-hydrogen) atoms. The molecule has 3 nitrogen and oxygen atoms in total. The average Bonchev–Trinajstić information content (AvgIpc) is 2.02. The third-order valence-electron chi connectivity index (χ3n) is 2.78. The summed E-state index contributed by atoms with van der Waals surface area (Å²) < 4.78 is 0. The summed E-state index contributed by atoms with van der Waals surface area (Å²) in [4.78, 5) is 13.0. The summed E-state index contributed by atoms with van der Waals surface area (Å²) in [6.45, 7) is 1.55. The first-order chi connectivity index (χ1) is 5.27. The molecule has 2 heterocycles. The van der Waals surface area contributed by atoms with Crippen molar-refractivity contribution in [3.63, 3.8) is 0 Å². The Labute approximate surface area is 66.0 Å². The molecule has 62 valence electrons. The van der Waals surface area contributed by atoms with Gasteiger partial charge < -0.3 is 10.0 Å². The minimum absolute atomic E-state index is 0.153. The van der Waals surface area contributed by atoms with Gasteiger partial charge in [-0.25, -0.2) is 0 Å². The summed E-state index contributed by atoms with van der Waals surface area (Å²) in [6, 6.07) is 0. The predicted molar refractivity (Wildman–Crippen MR) is 39.9 cm³/mol. The van der Waals surface area contributed by atoms with Gasteiger partial charge in [-0.2, -0.15) is 0 Å². The van der Waals surface area contributed by atoms with E-state index >= 15 is 0 Å². The molecule has 2 bridgehead atoms. The van der Waals surface area contributed by atoms with Crippen LogP contribution in [0.3, 0.4) is 0 Å². The Morgan fingerprint density at radius 3 is 3.09 bits per heavy atom. The van der Waals surface area contributed by atoms with Crippen molar-refractivity contribution >= 4 is 5.91 Å². The van der Waals surface area contributed by atoms with Crippen molar-refractivity contribution in [1.29, 1.82) is 0 Å². The van der Waals surface area contributed by atoms with Gasteiger partial charge in [-0.15, -0.1) is 0 Å². The van der Waals surface area contributed by atoms with Gasteiger partial charge in [0.25, 0.3) is 0 Å². The van der Waals surface area contributed by atoms with E-state index < -0.39 is 0 Å². The van der Waals surface area contributed by atoms with Crippen LogP contribution in [0.4, 0.5) is 0 Å². The van der Waals surface area contributed by atoms with Gasteiger partial charge in [-0.3, -0.25) is 4.79 Å². The lowest BCUT2D eigenvalue weighted by Gasteiger charge is -2.40. The first-order valence-corrected chi connectivity index (χ1v) is 4.23. The van der Waals surface area contributed by atoms with E-state index in [4.69, 9.17) is 0 Å². The SMILES string of the molecule is O=C1CC[C@@H]2CN1CC[C@@H]2O. The van der Waals surface area contributed by atoms with E-state index in [0.717, 1.165) is 25.9 Å². The standard InChI is InChI=1S/C8H13NO2/c10-7-3-4-9-5-6(7)1-2-8(9)11/h6-7,10H,1-5H2/t6-,7+/m1/s1. The Balaban J connectivity index is 2.08. The normalized spacial score (nSPS) is 37.5. The zero-order valence-electron chi connectivity index (χ0n) is 6.49. The first-order valence-electron chi connectivity index (χ1n) is 4.23. The molecule has 0 radical (unpaired) electrons. The summed E-state index contributed by atoms with van der Waals surface area (Å²) >= 11 is 0. The van der Waals surface area contributed by atoms with Crippen LogP contribution >= 0.6 is 0 Å². The highest BCUT2D eigenvalue weighted by molar-refractivity contribution is 5.77. The number of hydrogen-bond donors (Lipinski definition) is 1. The Morgan fingerprint density at radius 2 is 2.27 bits per heavy atom. The maximum absolute atomic E-state index is 11.2. The molecule has 2 aliphatic rings. The van der Waals surface area contributed by atoms with Crippen molar-refractivity contribution in [2.75, 3.05) is 13.1 Å². The summed E-state index contributed by atoms with van der Waals surface area (Å²) in [5.41, 5.74) is 0. The van der Waals surface area contributed by atoms with Gasteiger partial charge in [0.05, 0.1) is 6.10 Å². The van der Waals surface area contributed by atoms with E-state index in [-0.39, 0.29) is 12.0 Å². The zero-order chi connectivity index (χ0) is 7.84. The Morgan fingerprint density at radius 1 is 1.45 bits per heavy atom. The van der Waals surface area contributed by atoms with E-state index in [1.807, 2.05) is 4.90 Å². The van der Waals surface area contributed by atoms with E-state index in [1.165, 1.54) is 0 Å². The lowest BCUT2D eigenvalue weighted by Crippen LogP contribution is -2.49. The quantitative estimate of drug-likeness (QED) is 0.534. The molecule has 1 N–H and O–H groups in total. The van der Waals surface area contributed by atoms with Crippen molar-refractivity contribution in [2.45, 2.75) is 25.4 Å². The third-order valence-corrected chi connectivity index (χ3v) is 2.78.